The number of nitrogens with two attached hydrogens (primary N) is 1. The first-order valence-electron chi connectivity index (χ1n) is 9.37. The molecule has 0 saturated heterocycles. The molecule has 2 aromatic carbocycles. The zero-order chi connectivity index (χ0) is 21.1. The van der Waals surface area contributed by atoms with Gasteiger partial charge in [0.15, 0.2) is 0 Å². The van der Waals surface area contributed by atoms with Crippen molar-refractivity contribution in [2.75, 3.05) is 7.05 Å². The molecular weight excluding hydrogens is 372 g/mol. The molecule has 0 aliphatic heterocycles. The van der Waals surface area contributed by atoms with Gasteiger partial charge in [-0.3, -0.25) is 4.79 Å². The van der Waals surface area contributed by atoms with Crippen LogP contribution in [0, 0.1) is 0 Å². The van der Waals surface area contributed by atoms with Gasteiger partial charge in [0.2, 0.25) is 15.9 Å². The molecule has 0 fully saturated rings. The summed E-state index contributed by atoms with van der Waals surface area (Å²) in [6.45, 7) is 8.39. The average Bonchev–Trinajstić information content (AvgIpc) is 2.64. The van der Waals surface area contributed by atoms with Crippen LogP contribution in [0.5, 0.6) is 0 Å². The van der Waals surface area contributed by atoms with Gasteiger partial charge in [-0.15, -0.1) is 0 Å². The minimum atomic E-state index is -3.77. The Bertz CT molecular complexity index is 929. The third-order valence-electron chi connectivity index (χ3n) is 5.09. The second-order valence-electron chi connectivity index (χ2n) is 8.25. The number of hydrogen-bond donors (Lipinski definition) is 1. The summed E-state index contributed by atoms with van der Waals surface area (Å²) >= 11 is 0. The first-order chi connectivity index (χ1) is 12.9. The van der Waals surface area contributed by atoms with E-state index in [4.69, 9.17) is 5.14 Å². The molecule has 0 heterocycles. The quantitative estimate of drug-likeness (QED) is 0.798. The van der Waals surface area contributed by atoms with Gasteiger partial charge in [0.25, 0.3) is 0 Å². The van der Waals surface area contributed by atoms with Crippen LogP contribution >= 0.6 is 0 Å². The van der Waals surface area contributed by atoms with Crippen molar-refractivity contribution in [3.8, 4) is 0 Å². The average molecular weight is 403 g/mol. The summed E-state index contributed by atoms with van der Waals surface area (Å²) in [5, 5.41) is 5.20. The van der Waals surface area contributed by atoms with Crippen LogP contribution in [0.4, 0.5) is 0 Å². The van der Waals surface area contributed by atoms with Crippen LogP contribution in [-0.4, -0.2) is 26.3 Å². The number of aryl methyl sites for hydroxylation is 1. The molecule has 5 nitrogen and oxygen atoms in total. The van der Waals surface area contributed by atoms with Crippen LogP contribution in [0.15, 0.2) is 53.4 Å². The number of carbonyl (C=O) groups is 1. The van der Waals surface area contributed by atoms with E-state index in [9.17, 15) is 13.2 Å². The van der Waals surface area contributed by atoms with E-state index >= 15 is 0 Å². The van der Waals surface area contributed by atoms with Crippen molar-refractivity contribution in [1.82, 2.24) is 4.90 Å². The van der Waals surface area contributed by atoms with Gasteiger partial charge in [0.1, 0.15) is 0 Å². The van der Waals surface area contributed by atoms with E-state index in [1.165, 1.54) is 17.7 Å². The molecule has 152 valence electrons. The van der Waals surface area contributed by atoms with Crippen LogP contribution in [0.25, 0.3) is 0 Å². The SMILES string of the molecule is CC(c1cccc(S(N)(=O)=O)c1)N(C)C(=O)CCc1ccc(C(C)(C)C)cc1. The topological polar surface area (TPSA) is 80.5 Å². The summed E-state index contributed by atoms with van der Waals surface area (Å²) in [6, 6.07) is 14.5. The number of carbonyl (C=O) groups excluding carboxylic acids is 1. The molecule has 0 spiro atoms. The van der Waals surface area contributed by atoms with Gasteiger partial charge < -0.3 is 4.90 Å². The Balaban J connectivity index is 2.02. The summed E-state index contributed by atoms with van der Waals surface area (Å²) in [4.78, 5) is 14.3. The van der Waals surface area contributed by atoms with Crippen molar-refractivity contribution >= 4 is 15.9 Å². The Morgan fingerprint density at radius 3 is 2.25 bits per heavy atom. The second-order valence-corrected chi connectivity index (χ2v) is 9.81. The molecule has 6 heteroatoms. The molecule has 1 atom stereocenters. The number of nitrogens with zero attached hydrogens (tertiary/aromatic N) is 1. The molecule has 28 heavy (non-hydrogen) atoms. The lowest BCUT2D eigenvalue weighted by Gasteiger charge is -2.26. The van der Waals surface area contributed by atoms with E-state index < -0.39 is 10.0 Å². The smallest absolute Gasteiger partial charge is 0.238 e. The van der Waals surface area contributed by atoms with Gasteiger partial charge >= 0.3 is 0 Å². The van der Waals surface area contributed by atoms with E-state index in [1.807, 2.05) is 6.92 Å². The van der Waals surface area contributed by atoms with Crippen molar-refractivity contribution < 1.29 is 13.2 Å². The molecule has 0 aliphatic carbocycles. The predicted octanol–water partition coefficient (Wildman–Crippen LogP) is 3.78. The Kier molecular flexibility index (Phi) is 6.67. The lowest BCUT2D eigenvalue weighted by molar-refractivity contribution is -0.131. The Morgan fingerprint density at radius 2 is 1.71 bits per heavy atom. The summed E-state index contributed by atoms with van der Waals surface area (Å²) in [5.74, 6) is 0.00778. The molecule has 1 unspecified atom stereocenters. The molecule has 2 rings (SSSR count). The number of benzene rings is 2. The van der Waals surface area contributed by atoms with E-state index in [-0.39, 0.29) is 22.3 Å². The Morgan fingerprint density at radius 1 is 1.11 bits per heavy atom. The predicted molar refractivity (Wildman–Crippen MR) is 112 cm³/mol. The fourth-order valence-corrected chi connectivity index (χ4v) is 3.56. The van der Waals surface area contributed by atoms with Crippen molar-refractivity contribution in [2.24, 2.45) is 5.14 Å². The number of sulfonamides is 1. The fraction of sp³-hybridized carbons (Fsp3) is 0.409. The maximum Gasteiger partial charge on any atom is 0.238 e. The first kappa shape index (κ1) is 22.1. The zero-order valence-corrected chi connectivity index (χ0v) is 18.1. The molecule has 2 N–H and O–H groups in total. The summed E-state index contributed by atoms with van der Waals surface area (Å²) in [6.07, 6.45) is 1.06. The van der Waals surface area contributed by atoms with Crippen LogP contribution in [0.3, 0.4) is 0 Å². The highest BCUT2D eigenvalue weighted by molar-refractivity contribution is 7.89. The van der Waals surface area contributed by atoms with Crippen molar-refractivity contribution in [2.45, 2.75) is 56.9 Å². The molecule has 2 aromatic rings. The first-order valence-corrected chi connectivity index (χ1v) is 10.9. The summed E-state index contributed by atoms with van der Waals surface area (Å²) in [7, 11) is -2.03. The third-order valence-corrected chi connectivity index (χ3v) is 6.00. The van der Waals surface area contributed by atoms with E-state index in [1.54, 1.807) is 24.1 Å². The molecule has 0 bridgehead atoms. The van der Waals surface area contributed by atoms with Crippen molar-refractivity contribution in [3.05, 3.63) is 65.2 Å². The lowest BCUT2D eigenvalue weighted by Crippen LogP contribution is -2.30. The number of rotatable bonds is 6. The van der Waals surface area contributed by atoms with E-state index in [0.717, 1.165) is 11.1 Å². The molecule has 0 aromatic heterocycles. The van der Waals surface area contributed by atoms with Crippen LogP contribution in [-0.2, 0) is 26.7 Å². The van der Waals surface area contributed by atoms with Crippen LogP contribution in [0.2, 0.25) is 0 Å². The zero-order valence-electron chi connectivity index (χ0n) is 17.3. The minimum absolute atomic E-state index is 0.00778. The molecular formula is C22H30N2O3S. The van der Waals surface area contributed by atoms with Gasteiger partial charge in [0, 0.05) is 13.5 Å². The largest absolute Gasteiger partial charge is 0.339 e. The van der Waals surface area contributed by atoms with Crippen LogP contribution < -0.4 is 5.14 Å². The standard InChI is InChI=1S/C22H30N2O3S/c1-16(18-7-6-8-20(15-18)28(23,26)27)24(5)21(25)14-11-17-9-12-19(13-10-17)22(2,3)4/h6-10,12-13,15-16H,11,14H2,1-5H3,(H2,23,26,27). The highest BCUT2D eigenvalue weighted by Crippen LogP contribution is 2.24. The lowest BCUT2D eigenvalue weighted by atomic mass is 9.86. The van der Waals surface area contributed by atoms with Crippen LogP contribution in [0.1, 0.15) is 56.8 Å². The maximum atomic E-state index is 12.6. The van der Waals surface area contributed by atoms with E-state index in [2.05, 4.69) is 45.0 Å². The number of hydrogen-bond acceptors (Lipinski definition) is 3. The van der Waals surface area contributed by atoms with E-state index in [0.29, 0.717) is 12.8 Å². The number of primary sulfonamides is 1. The summed E-state index contributed by atoms with van der Waals surface area (Å²) in [5.41, 5.74) is 3.23. The third kappa shape index (κ3) is 5.66. The minimum Gasteiger partial charge on any atom is -0.339 e. The molecule has 1 amide bonds. The normalized spacial score (nSPS) is 13.2. The number of amides is 1. The maximum absolute atomic E-state index is 12.6. The Hall–Kier alpha value is -2.18. The molecule has 0 radical (unpaired) electrons. The van der Waals surface area contributed by atoms with Crippen molar-refractivity contribution in [1.29, 1.82) is 0 Å². The van der Waals surface area contributed by atoms with Gasteiger partial charge in [0.05, 0.1) is 10.9 Å². The Labute approximate surface area is 168 Å². The van der Waals surface area contributed by atoms with Crippen molar-refractivity contribution in [3.63, 3.8) is 0 Å². The second kappa shape index (κ2) is 8.45. The van der Waals surface area contributed by atoms with Gasteiger partial charge in [-0.05, 0) is 47.6 Å². The van der Waals surface area contributed by atoms with Gasteiger partial charge in [-0.1, -0.05) is 57.2 Å². The fourth-order valence-electron chi connectivity index (χ4n) is 2.99. The molecule has 0 aliphatic rings. The highest BCUT2D eigenvalue weighted by atomic mass is 32.2. The van der Waals surface area contributed by atoms with Gasteiger partial charge in [-0.25, -0.2) is 13.6 Å². The highest BCUT2D eigenvalue weighted by Gasteiger charge is 2.19. The summed E-state index contributed by atoms with van der Waals surface area (Å²) < 4.78 is 23.1. The van der Waals surface area contributed by atoms with Gasteiger partial charge in [-0.2, -0.15) is 0 Å². The monoisotopic (exact) mass is 402 g/mol. The molecule has 0 saturated carbocycles.